The van der Waals surface area contributed by atoms with E-state index in [4.69, 9.17) is 4.74 Å². The van der Waals surface area contributed by atoms with Crippen molar-refractivity contribution in [3.63, 3.8) is 0 Å². The smallest absolute Gasteiger partial charge is 0.217 e. The van der Waals surface area contributed by atoms with Crippen molar-refractivity contribution in [1.82, 2.24) is 5.32 Å². The summed E-state index contributed by atoms with van der Waals surface area (Å²) in [6.07, 6.45) is 0. The van der Waals surface area contributed by atoms with Crippen molar-refractivity contribution in [3.05, 3.63) is 71.8 Å². The molecule has 4 nitrogen and oxygen atoms in total. The summed E-state index contributed by atoms with van der Waals surface area (Å²) >= 11 is 0. The number of carbonyl (C=O) groups is 1. The van der Waals surface area contributed by atoms with Crippen LogP contribution < -0.4 is 10.1 Å². The van der Waals surface area contributed by atoms with E-state index in [9.17, 15) is 9.90 Å². The third kappa shape index (κ3) is 3.04. The highest BCUT2D eigenvalue weighted by atomic mass is 16.5. The first-order valence-corrected chi connectivity index (χ1v) is 7.72. The lowest BCUT2D eigenvalue weighted by molar-refractivity contribution is -0.119. The van der Waals surface area contributed by atoms with Gasteiger partial charge in [0, 0.05) is 12.5 Å². The SMILES string of the molecule is COc1ccc([C@@H](NC(C)=O)c2c(O)ccc3ccccc23)cc1. The van der Waals surface area contributed by atoms with Crippen LogP contribution in [0.25, 0.3) is 10.8 Å². The first-order valence-electron chi connectivity index (χ1n) is 7.72. The molecule has 0 aliphatic heterocycles. The third-order valence-electron chi connectivity index (χ3n) is 4.03. The zero-order valence-electron chi connectivity index (χ0n) is 13.6. The molecular weight excluding hydrogens is 302 g/mol. The van der Waals surface area contributed by atoms with E-state index in [0.717, 1.165) is 22.1 Å². The van der Waals surface area contributed by atoms with Gasteiger partial charge >= 0.3 is 0 Å². The zero-order valence-corrected chi connectivity index (χ0v) is 13.6. The molecule has 2 N–H and O–H groups in total. The van der Waals surface area contributed by atoms with Crippen LogP contribution in [-0.4, -0.2) is 18.1 Å². The number of hydrogen-bond acceptors (Lipinski definition) is 3. The highest BCUT2D eigenvalue weighted by Crippen LogP contribution is 2.36. The van der Waals surface area contributed by atoms with E-state index >= 15 is 0 Å². The summed E-state index contributed by atoms with van der Waals surface area (Å²) in [5.41, 5.74) is 1.56. The van der Waals surface area contributed by atoms with Gasteiger partial charge < -0.3 is 15.2 Å². The van der Waals surface area contributed by atoms with Gasteiger partial charge in [0.2, 0.25) is 5.91 Å². The molecule has 1 atom stereocenters. The van der Waals surface area contributed by atoms with Crippen molar-refractivity contribution >= 4 is 16.7 Å². The van der Waals surface area contributed by atoms with Gasteiger partial charge in [-0.2, -0.15) is 0 Å². The second-order valence-corrected chi connectivity index (χ2v) is 5.63. The van der Waals surface area contributed by atoms with Crippen LogP contribution in [0.5, 0.6) is 11.5 Å². The Labute approximate surface area is 140 Å². The molecule has 3 aromatic carbocycles. The fraction of sp³-hybridized carbons (Fsp3) is 0.150. The highest BCUT2D eigenvalue weighted by Gasteiger charge is 2.21. The van der Waals surface area contributed by atoms with Gasteiger partial charge in [-0.3, -0.25) is 4.79 Å². The largest absolute Gasteiger partial charge is 0.508 e. The average Bonchev–Trinajstić information content (AvgIpc) is 2.60. The molecule has 0 aliphatic rings. The van der Waals surface area contributed by atoms with Crippen LogP contribution in [0.2, 0.25) is 0 Å². The van der Waals surface area contributed by atoms with Crippen LogP contribution in [0.4, 0.5) is 0 Å². The number of benzene rings is 3. The summed E-state index contributed by atoms with van der Waals surface area (Å²) < 4.78 is 5.19. The standard InChI is InChI=1S/C20H19NO3/c1-13(22)21-20(15-7-10-16(24-2)11-8-15)19-17-6-4-3-5-14(17)9-12-18(19)23/h3-12,20,23H,1-2H3,(H,21,22)/t20-/m1/s1. The van der Waals surface area contributed by atoms with E-state index in [1.807, 2.05) is 54.6 Å². The number of rotatable bonds is 4. The molecule has 0 spiro atoms. The van der Waals surface area contributed by atoms with Crippen molar-refractivity contribution in [1.29, 1.82) is 0 Å². The van der Waals surface area contributed by atoms with Crippen LogP contribution in [0.1, 0.15) is 24.1 Å². The fourth-order valence-corrected chi connectivity index (χ4v) is 2.91. The predicted octanol–water partition coefficient (Wildman–Crippen LogP) is 3.78. The topological polar surface area (TPSA) is 58.6 Å². The fourth-order valence-electron chi connectivity index (χ4n) is 2.91. The predicted molar refractivity (Wildman–Crippen MR) is 94.3 cm³/mol. The summed E-state index contributed by atoms with van der Waals surface area (Å²) in [5, 5.41) is 15.3. The number of aromatic hydroxyl groups is 1. The Morgan fingerprint density at radius 1 is 1.04 bits per heavy atom. The van der Waals surface area contributed by atoms with Crippen LogP contribution in [0.15, 0.2) is 60.7 Å². The van der Waals surface area contributed by atoms with Crippen LogP contribution in [0.3, 0.4) is 0 Å². The molecule has 0 heterocycles. The number of hydrogen-bond donors (Lipinski definition) is 2. The Balaban J connectivity index is 2.19. The molecule has 0 radical (unpaired) electrons. The number of fused-ring (bicyclic) bond motifs is 1. The van der Waals surface area contributed by atoms with E-state index in [-0.39, 0.29) is 11.7 Å². The molecule has 4 heteroatoms. The van der Waals surface area contributed by atoms with Gasteiger partial charge in [-0.25, -0.2) is 0 Å². The van der Waals surface area contributed by atoms with Crippen molar-refractivity contribution in [2.24, 2.45) is 0 Å². The molecule has 0 saturated heterocycles. The number of carbonyl (C=O) groups excluding carboxylic acids is 1. The highest BCUT2D eigenvalue weighted by molar-refractivity contribution is 5.89. The zero-order chi connectivity index (χ0) is 17.1. The maximum absolute atomic E-state index is 11.8. The molecule has 3 aromatic rings. The minimum atomic E-state index is -0.445. The minimum Gasteiger partial charge on any atom is -0.508 e. The first kappa shape index (κ1) is 15.9. The van der Waals surface area contributed by atoms with Gasteiger partial charge in [0.1, 0.15) is 11.5 Å². The van der Waals surface area contributed by atoms with Gasteiger partial charge in [0.25, 0.3) is 0 Å². The monoisotopic (exact) mass is 321 g/mol. The van der Waals surface area contributed by atoms with Crippen LogP contribution in [0, 0.1) is 0 Å². The van der Waals surface area contributed by atoms with Gasteiger partial charge in [-0.1, -0.05) is 42.5 Å². The number of nitrogens with one attached hydrogen (secondary N) is 1. The van der Waals surface area contributed by atoms with Crippen LogP contribution >= 0.6 is 0 Å². The van der Waals surface area contributed by atoms with E-state index in [1.54, 1.807) is 13.2 Å². The molecule has 0 aliphatic carbocycles. The quantitative estimate of drug-likeness (QED) is 0.769. The Hall–Kier alpha value is -3.01. The summed E-state index contributed by atoms with van der Waals surface area (Å²) in [4.78, 5) is 11.8. The Bertz CT molecular complexity index is 872. The maximum Gasteiger partial charge on any atom is 0.217 e. The molecular formula is C20H19NO3. The van der Waals surface area contributed by atoms with Crippen molar-refractivity contribution in [3.8, 4) is 11.5 Å². The molecule has 0 saturated carbocycles. The Morgan fingerprint density at radius 2 is 1.75 bits per heavy atom. The molecule has 24 heavy (non-hydrogen) atoms. The van der Waals surface area contributed by atoms with E-state index < -0.39 is 6.04 Å². The number of phenols is 1. The number of ether oxygens (including phenoxy) is 1. The summed E-state index contributed by atoms with van der Waals surface area (Å²) in [5.74, 6) is 0.730. The van der Waals surface area contributed by atoms with Gasteiger partial charge in [-0.15, -0.1) is 0 Å². The Kier molecular flexibility index (Phi) is 4.38. The molecule has 122 valence electrons. The number of amides is 1. The van der Waals surface area contributed by atoms with Gasteiger partial charge in [0.05, 0.1) is 13.2 Å². The lowest BCUT2D eigenvalue weighted by atomic mass is 9.92. The number of methoxy groups -OCH3 is 1. The molecule has 3 rings (SSSR count). The molecule has 0 aromatic heterocycles. The lowest BCUT2D eigenvalue weighted by Crippen LogP contribution is -2.27. The molecule has 0 unspecified atom stereocenters. The summed E-state index contributed by atoms with van der Waals surface area (Å²) in [6.45, 7) is 1.47. The summed E-state index contributed by atoms with van der Waals surface area (Å²) in [6, 6.07) is 18.3. The Morgan fingerprint density at radius 3 is 2.42 bits per heavy atom. The second-order valence-electron chi connectivity index (χ2n) is 5.63. The first-order chi connectivity index (χ1) is 11.6. The van der Waals surface area contributed by atoms with E-state index in [2.05, 4.69) is 5.32 Å². The van der Waals surface area contributed by atoms with Crippen molar-refractivity contribution in [2.45, 2.75) is 13.0 Å². The van der Waals surface area contributed by atoms with Crippen molar-refractivity contribution in [2.75, 3.05) is 7.11 Å². The van der Waals surface area contributed by atoms with Gasteiger partial charge in [-0.05, 0) is 34.5 Å². The second kappa shape index (κ2) is 6.62. The van der Waals surface area contributed by atoms with Gasteiger partial charge in [0.15, 0.2) is 0 Å². The molecule has 1 amide bonds. The molecule has 0 bridgehead atoms. The minimum absolute atomic E-state index is 0.156. The third-order valence-corrected chi connectivity index (χ3v) is 4.03. The van der Waals surface area contributed by atoms with Crippen LogP contribution in [-0.2, 0) is 4.79 Å². The molecule has 0 fully saturated rings. The van der Waals surface area contributed by atoms with E-state index in [0.29, 0.717) is 5.56 Å². The number of phenolic OH excluding ortho intramolecular Hbond substituents is 1. The lowest BCUT2D eigenvalue weighted by Gasteiger charge is -2.22. The normalized spacial score (nSPS) is 11.9. The maximum atomic E-state index is 11.8. The average molecular weight is 321 g/mol. The summed E-state index contributed by atoms with van der Waals surface area (Å²) in [7, 11) is 1.61. The van der Waals surface area contributed by atoms with Crippen molar-refractivity contribution < 1.29 is 14.6 Å². The van der Waals surface area contributed by atoms with E-state index in [1.165, 1.54) is 6.92 Å².